The van der Waals surface area contributed by atoms with Crippen LogP contribution in [-0.2, 0) is 6.54 Å². The monoisotopic (exact) mass is 222 g/mol. The highest BCUT2D eigenvalue weighted by molar-refractivity contribution is 5.05. The van der Waals surface area contributed by atoms with Crippen LogP contribution in [0.4, 0.5) is 0 Å². The van der Waals surface area contributed by atoms with Crippen molar-refractivity contribution < 1.29 is 4.42 Å². The molecule has 3 heteroatoms. The largest absolute Gasteiger partial charge is 0.465 e. The molecule has 1 saturated heterocycles. The maximum atomic E-state index is 5.80. The standard InChI is InChI=1S/C13H22N2O/c1-10-5-6-15(8-12(10)7-14)9-13-4-3-11(2)16-13/h3-4,10,12H,5-9,14H2,1-2H3. The van der Waals surface area contributed by atoms with Gasteiger partial charge in [-0.2, -0.15) is 0 Å². The average Bonchev–Trinajstić information content (AvgIpc) is 2.67. The second-order valence-corrected chi connectivity index (χ2v) is 5.01. The van der Waals surface area contributed by atoms with Gasteiger partial charge in [0.25, 0.3) is 0 Å². The van der Waals surface area contributed by atoms with Crippen LogP contribution in [0, 0.1) is 18.8 Å². The van der Waals surface area contributed by atoms with Crippen molar-refractivity contribution in [2.24, 2.45) is 17.6 Å². The number of likely N-dealkylation sites (tertiary alicyclic amines) is 1. The van der Waals surface area contributed by atoms with E-state index in [0.29, 0.717) is 5.92 Å². The Morgan fingerprint density at radius 1 is 1.50 bits per heavy atom. The van der Waals surface area contributed by atoms with Gasteiger partial charge in [-0.05, 0) is 50.4 Å². The Balaban J connectivity index is 1.91. The molecule has 90 valence electrons. The lowest BCUT2D eigenvalue weighted by molar-refractivity contribution is 0.118. The molecule has 0 amide bonds. The number of hydrogen-bond acceptors (Lipinski definition) is 3. The molecule has 1 fully saturated rings. The van der Waals surface area contributed by atoms with Gasteiger partial charge in [-0.25, -0.2) is 0 Å². The van der Waals surface area contributed by atoms with Gasteiger partial charge >= 0.3 is 0 Å². The Kier molecular flexibility index (Phi) is 3.66. The maximum Gasteiger partial charge on any atom is 0.118 e. The first kappa shape index (κ1) is 11.7. The van der Waals surface area contributed by atoms with Gasteiger partial charge in [-0.1, -0.05) is 6.92 Å². The molecule has 1 aliphatic heterocycles. The van der Waals surface area contributed by atoms with Crippen molar-refractivity contribution >= 4 is 0 Å². The highest BCUT2D eigenvalue weighted by atomic mass is 16.3. The van der Waals surface area contributed by atoms with Crippen molar-refractivity contribution in [3.05, 3.63) is 23.7 Å². The molecule has 2 rings (SSSR count). The first-order chi connectivity index (χ1) is 7.69. The zero-order valence-electron chi connectivity index (χ0n) is 10.3. The predicted molar refractivity (Wildman–Crippen MR) is 65.0 cm³/mol. The first-order valence-corrected chi connectivity index (χ1v) is 6.16. The smallest absolute Gasteiger partial charge is 0.118 e. The van der Waals surface area contributed by atoms with Gasteiger partial charge in [0.15, 0.2) is 0 Å². The molecule has 0 saturated carbocycles. The molecule has 0 radical (unpaired) electrons. The van der Waals surface area contributed by atoms with Crippen molar-refractivity contribution in [1.82, 2.24) is 4.90 Å². The van der Waals surface area contributed by atoms with Crippen molar-refractivity contribution in [3.63, 3.8) is 0 Å². The van der Waals surface area contributed by atoms with Crippen molar-refractivity contribution in [3.8, 4) is 0 Å². The summed E-state index contributed by atoms with van der Waals surface area (Å²) in [5.74, 6) is 3.47. The Bertz CT molecular complexity index is 334. The Labute approximate surface area is 97.6 Å². The van der Waals surface area contributed by atoms with E-state index in [0.717, 1.165) is 43.6 Å². The van der Waals surface area contributed by atoms with Crippen molar-refractivity contribution in [1.29, 1.82) is 0 Å². The quantitative estimate of drug-likeness (QED) is 0.850. The molecule has 16 heavy (non-hydrogen) atoms. The third-order valence-electron chi connectivity index (χ3n) is 3.68. The lowest BCUT2D eigenvalue weighted by Crippen LogP contribution is -2.42. The molecule has 0 bridgehead atoms. The summed E-state index contributed by atoms with van der Waals surface area (Å²) in [5.41, 5.74) is 5.80. The molecule has 0 aromatic carbocycles. The fraction of sp³-hybridized carbons (Fsp3) is 0.692. The van der Waals surface area contributed by atoms with E-state index in [1.165, 1.54) is 6.42 Å². The van der Waals surface area contributed by atoms with E-state index < -0.39 is 0 Å². The van der Waals surface area contributed by atoms with Gasteiger partial charge in [-0.15, -0.1) is 0 Å². The number of furan rings is 1. The van der Waals surface area contributed by atoms with Crippen LogP contribution in [0.1, 0.15) is 24.9 Å². The molecule has 0 spiro atoms. The van der Waals surface area contributed by atoms with E-state index in [2.05, 4.69) is 17.9 Å². The fourth-order valence-electron chi connectivity index (χ4n) is 2.47. The van der Waals surface area contributed by atoms with Crippen LogP contribution >= 0.6 is 0 Å². The van der Waals surface area contributed by atoms with E-state index in [4.69, 9.17) is 10.2 Å². The molecule has 2 unspecified atom stereocenters. The minimum atomic E-state index is 0.643. The summed E-state index contributed by atoms with van der Waals surface area (Å²) in [6, 6.07) is 4.10. The van der Waals surface area contributed by atoms with Crippen molar-refractivity contribution in [2.45, 2.75) is 26.8 Å². The zero-order chi connectivity index (χ0) is 11.5. The summed E-state index contributed by atoms with van der Waals surface area (Å²) >= 11 is 0. The molecule has 2 heterocycles. The number of aryl methyl sites for hydroxylation is 1. The first-order valence-electron chi connectivity index (χ1n) is 6.16. The topological polar surface area (TPSA) is 42.4 Å². The van der Waals surface area contributed by atoms with Crippen LogP contribution in [0.3, 0.4) is 0 Å². The number of nitrogens with zero attached hydrogens (tertiary/aromatic N) is 1. The molecule has 2 atom stereocenters. The summed E-state index contributed by atoms with van der Waals surface area (Å²) in [4.78, 5) is 2.45. The molecule has 1 aliphatic rings. The summed E-state index contributed by atoms with van der Waals surface area (Å²) in [5, 5.41) is 0. The molecule has 3 nitrogen and oxygen atoms in total. The number of piperidine rings is 1. The highest BCUT2D eigenvalue weighted by Gasteiger charge is 2.25. The molecular weight excluding hydrogens is 200 g/mol. The Morgan fingerprint density at radius 2 is 2.31 bits per heavy atom. The third kappa shape index (κ3) is 2.66. The summed E-state index contributed by atoms with van der Waals surface area (Å²) in [6.45, 7) is 8.30. The maximum absolute atomic E-state index is 5.80. The molecule has 0 aliphatic carbocycles. The van der Waals surface area contributed by atoms with Crippen molar-refractivity contribution in [2.75, 3.05) is 19.6 Å². The van der Waals surface area contributed by atoms with Crippen LogP contribution in [-0.4, -0.2) is 24.5 Å². The van der Waals surface area contributed by atoms with Crippen LogP contribution < -0.4 is 5.73 Å². The van der Waals surface area contributed by atoms with E-state index >= 15 is 0 Å². The number of rotatable bonds is 3. The Hall–Kier alpha value is -0.800. The van der Waals surface area contributed by atoms with Gasteiger partial charge in [0, 0.05) is 6.54 Å². The van der Waals surface area contributed by atoms with E-state index in [1.807, 2.05) is 13.0 Å². The van der Waals surface area contributed by atoms with E-state index in [9.17, 15) is 0 Å². The highest BCUT2D eigenvalue weighted by Crippen LogP contribution is 2.23. The lowest BCUT2D eigenvalue weighted by Gasteiger charge is -2.36. The van der Waals surface area contributed by atoms with Gasteiger partial charge < -0.3 is 10.2 Å². The van der Waals surface area contributed by atoms with Crippen LogP contribution in [0.25, 0.3) is 0 Å². The predicted octanol–water partition coefficient (Wildman–Crippen LogP) is 2.00. The molecule has 1 aromatic heterocycles. The minimum absolute atomic E-state index is 0.643. The van der Waals surface area contributed by atoms with Crippen LogP contribution in [0.15, 0.2) is 16.5 Å². The van der Waals surface area contributed by atoms with Crippen LogP contribution in [0.5, 0.6) is 0 Å². The van der Waals surface area contributed by atoms with Gasteiger partial charge in [0.1, 0.15) is 11.5 Å². The fourth-order valence-corrected chi connectivity index (χ4v) is 2.47. The van der Waals surface area contributed by atoms with Gasteiger partial charge in [-0.3, -0.25) is 4.90 Å². The average molecular weight is 222 g/mol. The summed E-state index contributed by atoms with van der Waals surface area (Å²) in [7, 11) is 0. The van der Waals surface area contributed by atoms with Gasteiger partial charge in [0.05, 0.1) is 6.54 Å². The second kappa shape index (κ2) is 5.02. The summed E-state index contributed by atoms with van der Waals surface area (Å²) < 4.78 is 5.61. The zero-order valence-corrected chi connectivity index (χ0v) is 10.3. The third-order valence-corrected chi connectivity index (χ3v) is 3.68. The number of nitrogens with two attached hydrogens (primary N) is 1. The lowest BCUT2D eigenvalue weighted by atomic mass is 9.87. The molecule has 1 aromatic rings. The second-order valence-electron chi connectivity index (χ2n) is 5.01. The van der Waals surface area contributed by atoms with E-state index in [-0.39, 0.29) is 0 Å². The number of hydrogen-bond donors (Lipinski definition) is 1. The van der Waals surface area contributed by atoms with E-state index in [1.54, 1.807) is 0 Å². The Morgan fingerprint density at radius 3 is 2.94 bits per heavy atom. The molecular formula is C13H22N2O. The van der Waals surface area contributed by atoms with Gasteiger partial charge in [0.2, 0.25) is 0 Å². The molecule has 2 N–H and O–H groups in total. The van der Waals surface area contributed by atoms with Crippen LogP contribution in [0.2, 0.25) is 0 Å². The normalized spacial score (nSPS) is 27.2. The SMILES string of the molecule is Cc1ccc(CN2CCC(C)C(CN)C2)o1. The summed E-state index contributed by atoms with van der Waals surface area (Å²) in [6.07, 6.45) is 1.25. The minimum Gasteiger partial charge on any atom is -0.465 e.